The molecular formula is C17H20N2O. The lowest BCUT2D eigenvalue weighted by Crippen LogP contribution is -2.40. The lowest BCUT2D eigenvalue weighted by atomic mass is 9.90. The number of ether oxygens (including phenoxy) is 1. The number of para-hydroxylation sites is 1. The van der Waals surface area contributed by atoms with E-state index in [0.717, 1.165) is 18.6 Å². The predicted molar refractivity (Wildman–Crippen MR) is 80.6 cm³/mol. The van der Waals surface area contributed by atoms with Crippen LogP contribution in [-0.2, 0) is 6.42 Å². The Bertz CT molecular complexity index is 556. The summed E-state index contributed by atoms with van der Waals surface area (Å²) in [5, 5.41) is 0. The molecule has 1 heterocycles. The molecule has 0 saturated heterocycles. The molecule has 2 atom stereocenters. The Hall–Kier alpha value is -1.84. The van der Waals surface area contributed by atoms with Crippen LogP contribution in [0, 0.1) is 0 Å². The highest BCUT2D eigenvalue weighted by molar-refractivity contribution is 5.40. The van der Waals surface area contributed by atoms with Gasteiger partial charge in [0.25, 0.3) is 0 Å². The topological polar surface area (TPSA) is 47.3 Å². The number of hydrogen-bond donors (Lipinski definition) is 2. The molecule has 1 aliphatic heterocycles. The lowest BCUT2D eigenvalue weighted by molar-refractivity contribution is 0.292. The van der Waals surface area contributed by atoms with E-state index in [0.29, 0.717) is 12.5 Å². The normalized spacial score (nSPS) is 18.4. The Balaban J connectivity index is 1.69. The third-order valence-electron chi connectivity index (χ3n) is 4.02. The quantitative estimate of drug-likeness (QED) is 0.647. The third-order valence-corrected chi connectivity index (χ3v) is 4.02. The fourth-order valence-electron chi connectivity index (χ4n) is 2.89. The van der Waals surface area contributed by atoms with Crippen LogP contribution in [0.3, 0.4) is 0 Å². The van der Waals surface area contributed by atoms with Gasteiger partial charge in [-0.3, -0.25) is 11.3 Å². The van der Waals surface area contributed by atoms with E-state index in [1.165, 1.54) is 11.1 Å². The molecule has 3 N–H and O–H groups in total. The number of benzene rings is 2. The number of hydrazine groups is 1. The van der Waals surface area contributed by atoms with Crippen molar-refractivity contribution in [2.45, 2.75) is 24.8 Å². The van der Waals surface area contributed by atoms with Gasteiger partial charge in [-0.15, -0.1) is 0 Å². The molecule has 20 heavy (non-hydrogen) atoms. The Morgan fingerprint density at radius 3 is 2.65 bits per heavy atom. The highest BCUT2D eigenvalue weighted by Gasteiger charge is 2.30. The number of nitrogens with one attached hydrogen (secondary N) is 1. The van der Waals surface area contributed by atoms with Crippen LogP contribution in [0.1, 0.15) is 23.5 Å². The van der Waals surface area contributed by atoms with Crippen molar-refractivity contribution in [3.63, 3.8) is 0 Å². The molecule has 2 unspecified atom stereocenters. The average molecular weight is 268 g/mol. The number of rotatable bonds is 5. The van der Waals surface area contributed by atoms with E-state index in [4.69, 9.17) is 10.6 Å². The first kappa shape index (κ1) is 13.2. The summed E-state index contributed by atoms with van der Waals surface area (Å²) in [4.78, 5) is 0. The second-order valence-electron chi connectivity index (χ2n) is 5.25. The molecule has 0 aliphatic carbocycles. The van der Waals surface area contributed by atoms with E-state index in [1.54, 1.807) is 0 Å². The van der Waals surface area contributed by atoms with Gasteiger partial charge in [0, 0.05) is 17.5 Å². The fourth-order valence-corrected chi connectivity index (χ4v) is 2.89. The fraction of sp³-hybridized carbons (Fsp3) is 0.294. The van der Waals surface area contributed by atoms with Gasteiger partial charge in [-0.25, -0.2) is 0 Å². The summed E-state index contributed by atoms with van der Waals surface area (Å²) in [7, 11) is 0. The Morgan fingerprint density at radius 1 is 1.10 bits per heavy atom. The highest BCUT2D eigenvalue weighted by Crippen LogP contribution is 2.36. The van der Waals surface area contributed by atoms with E-state index in [1.807, 2.05) is 18.2 Å². The number of hydrogen-bond acceptors (Lipinski definition) is 3. The molecule has 3 nitrogen and oxygen atoms in total. The molecule has 0 aromatic heterocycles. The van der Waals surface area contributed by atoms with E-state index >= 15 is 0 Å². The minimum Gasteiger partial charge on any atom is -0.493 e. The summed E-state index contributed by atoms with van der Waals surface area (Å²) in [5.74, 6) is 7.10. The van der Waals surface area contributed by atoms with Crippen molar-refractivity contribution in [1.29, 1.82) is 0 Å². The van der Waals surface area contributed by atoms with Crippen molar-refractivity contribution < 1.29 is 4.74 Å². The third kappa shape index (κ3) is 2.69. The molecule has 0 bridgehead atoms. The van der Waals surface area contributed by atoms with Crippen molar-refractivity contribution in [1.82, 2.24) is 5.43 Å². The van der Waals surface area contributed by atoms with Gasteiger partial charge in [0.1, 0.15) is 5.75 Å². The minimum absolute atomic E-state index is 0.235. The molecule has 0 radical (unpaired) electrons. The Kier molecular flexibility index (Phi) is 4.00. The summed E-state index contributed by atoms with van der Waals surface area (Å²) < 4.78 is 5.75. The van der Waals surface area contributed by atoms with Crippen molar-refractivity contribution in [3.05, 3.63) is 65.7 Å². The van der Waals surface area contributed by atoms with E-state index in [-0.39, 0.29) is 6.04 Å². The van der Waals surface area contributed by atoms with Crippen molar-refractivity contribution in [2.75, 3.05) is 6.61 Å². The maximum atomic E-state index is 5.77. The van der Waals surface area contributed by atoms with Crippen LogP contribution < -0.4 is 16.0 Å². The van der Waals surface area contributed by atoms with Crippen LogP contribution >= 0.6 is 0 Å². The van der Waals surface area contributed by atoms with Crippen LogP contribution in [0.25, 0.3) is 0 Å². The maximum absolute atomic E-state index is 5.77. The highest BCUT2D eigenvalue weighted by atomic mass is 16.5. The van der Waals surface area contributed by atoms with Crippen LogP contribution in [0.2, 0.25) is 0 Å². The van der Waals surface area contributed by atoms with Gasteiger partial charge < -0.3 is 4.74 Å². The van der Waals surface area contributed by atoms with Gasteiger partial charge in [-0.1, -0.05) is 48.5 Å². The van der Waals surface area contributed by atoms with E-state index in [2.05, 4.69) is 41.8 Å². The van der Waals surface area contributed by atoms with Crippen molar-refractivity contribution in [3.8, 4) is 5.75 Å². The van der Waals surface area contributed by atoms with Gasteiger partial charge in [0.15, 0.2) is 0 Å². The van der Waals surface area contributed by atoms with Crippen LogP contribution in [0.15, 0.2) is 54.6 Å². The van der Waals surface area contributed by atoms with Crippen molar-refractivity contribution in [2.24, 2.45) is 5.84 Å². The van der Waals surface area contributed by atoms with Crippen LogP contribution in [-0.4, -0.2) is 12.6 Å². The summed E-state index contributed by atoms with van der Waals surface area (Å²) in [5.41, 5.74) is 5.59. The number of fused-ring (bicyclic) bond motifs is 1. The first-order valence-electron chi connectivity index (χ1n) is 7.10. The molecule has 2 aromatic carbocycles. The monoisotopic (exact) mass is 268 g/mol. The smallest absolute Gasteiger partial charge is 0.122 e. The zero-order valence-corrected chi connectivity index (χ0v) is 11.5. The molecule has 104 valence electrons. The first-order valence-corrected chi connectivity index (χ1v) is 7.10. The van der Waals surface area contributed by atoms with E-state index < -0.39 is 0 Å². The van der Waals surface area contributed by atoms with Gasteiger partial charge in [0.2, 0.25) is 0 Å². The van der Waals surface area contributed by atoms with Gasteiger partial charge >= 0.3 is 0 Å². The van der Waals surface area contributed by atoms with Crippen LogP contribution in [0.4, 0.5) is 0 Å². The molecule has 0 spiro atoms. The van der Waals surface area contributed by atoms with Gasteiger partial charge in [-0.05, 0) is 24.5 Å². The van der Waals surface area contributed by atoms with E-state index in [9.17, 15) is 0 Å². The van der Waals surface area contributed by atoms with Gasteiger partial charge in [-0.2, -0.15) is 0 Å². The van der Waals surface area contributed by atoms with Gasteiger partial charge in [0.05, 0.1) is 6.61 Å². The average Bonchev–Trinajstić information content (AvgIpc) is 2.93. The largest absolute Gasteiger partial charge is 0.493 e. The predicted octanol–water partition coefficient (Wildman–Crippen LogP) is 2.63. The molecular weight excluding hydrogens is 248 g/mol. The molecule has 0 saturated carbocycles. The number of aryl methyl sites for hydroxylation is 1. The minimum atomic E-state index is 0.235. The molecule has 2 aromatic rings. The molecule has 0 amide bonds. The first-order chi connectivity index (χ1) is 9.88. The standard InChI is InChI=1S/C17H20N2O/c18-19-16(11-10-13-6-2-1-3-7-13)15-12-20-17-9-5-4-8-14(15)17/h1-9,15-16,19H,10-12,18H2. The molecule has 3 rings (SSSR count). The lowest BCUT2D eigenvalue weighted by Gasteiger charge is -2.22. The molecule has 3 heteroatoms. The van der Waals surface area contributed by atoms with Crippen molar-refractivity contribution >= 4 is 0 Å². The zero-order valence-electron chi connectivity index (χ0n) is 11.5. The maximum Gasteiger partial charge on any atom is 0.122 e. The molecule has 1 aliphatic rings. The van der Waals surface area contributed by atoms with Crippen LogP contribution in [0.5, 0.6) is 5.75 Å². The summed E-state index contributed by atoms with van der Waals surface area (Å²) in [6.07, 6.45) is 2.03. The summed E-state index contributed by atoms with van der Waals surface area (Å²) >= 11 is 0. The number of nitrogens with two attached hydrogens (primary N) is 1. The Morgan fingerprint density at radius 2 is 1.85 bits per heavy atom. The summed E-state index contributed by atoms with van der Waals surface area (Å²) in [6.45, 7) is 0.711. The Labute approximate surface area is 119 Å². The summed E-state index contributed by atoms with van der Waals surface area (Å²) in [6, 6.07) is 19.0. The SMILES string of the molecule is NNC(CCc1ccccc1)C1COc2ccccc21. The second-order valence-corrected chi connectivity index (χ2v) is 5.25. The molecule has 0 fully saturated rings. The zero-order chi connectivity index (χ0) is 13.8. The second kappa shape index (κ2) is 6.07.